The zero-order chi connectivity index (χ0) is 21.1. The molecule has 0 aliphatic carbocycles. The first-order valence-electron chi connectivity index (χ1n) is 10.2. The quantitative estimate of drug-likeness (QED) is 0.651. The van der Waals surface area contributed by atoms with Crippen molar-refractivity contribution in [3.63, 3.8) is 0 Å². The molecule has 0 saturated carbocycles. The predicted octanol–water partition coefficient (Wildman–Crippen LogP) is 3.30. The van der Waals surface area contributed by atoms with Crippen molar-refractivity contribution < 1.29 is 14.6 Å². The van der Waals surface area contributed by atoms with Gasteiger partial charge in [0.2, 0.25) is 0 Å². The molecular weight excluding hydrogens is 382 g/mol. The number of nitrogens with one attached hydrogen (secondary N) is 1. The van der Waals surface area contributed by atoms with Crippen LogP contribution in [-0.2, 0) is 0 Å². The molecule has 156 valence electrons. The Labute approximate surface area is 174 Å². The molecular formula is C23H25N3O4. The first kappa shape index (κ1) is 20.1. The number of rotatable bonds is 6. The number of carbonyl (C=O) groups is 1. The molecule has 2 N–H and O–H groups in total. The molecule has 7 heteroatoms. The Bertz CT molecular complexity index is 1130. The number of ether oxygens (including phenoxy) is 1. The van der Waals surface area contributed by atoms with Gasteiger partial charge in [-0.05, 0) is 68.6 Å². The zero-order valence-corrected chi connectivity index (χ0v) is 16.9. The molecule has 1 fully saturated rings. The van der Waals surface area contributed by atoms with Crippen molar-refractivity contribution in [1.29, 1.82) is 0 Å². The highest BCUT2D eigenvalue weighted by Gasteiger charge is 2.14. The first-order valence-corrected chi connectivity index (χ1v) is 10.2. The number of piperidine rings is 1. The normalized spacial score (nSPS) is 16.5. The fourth-order valence-corrected chi connectivity index (χ4v) is 3.85. The van der Waals surface area contributed by atoms with E-state index in [4.69, 9.17) is 4.74 Å². The largest absolute Gasteiger partial charge is 0.494 e. The second kappa shape index (κ2) is 8.67. The van der Waals surface area contributed by atoms with E-state index in [1.807, 2.05) is 13.0 Å². The van der Waals surface area contributed by atoms with E-state index in [-0.39, 0.29) is 11.1 Å². The molecule has 30 heavy (non-hydrogen) atoms. The highest BCUT2D eigenvalue weighted by Crippen LogP contribution is 2.20. The highest BCUT2D eigenvalue weighted by atomic mass is 16.5. The average molecular weight is 407 g/mol. The lowest BCUT2D eigenvalue weighted by Crippen LogP contribution is -2.35. The van der Waals surface area contributed by atoms with Crippen molar-refractivity contribution in [2.75, 3.05) is 13.2 Å². The summed E-state index contributed by atoms with van der Waals surface area (Å²) in [6.45, 7) is 3.47. The van der Waals surface area contributed by atoms with Crippen molar-refractivity contribution in [1.82, 2.24) is 14.9 Å². The molecule has 1 saturated heterocycles. The number of carboxylic acid groups (broad SMARTS) is 1. The third-order valence-electron chi connectivity index (χ3n) is 5.59. The van der Waals surface area contributed by atoms with Gasteiger partial charge in [0.15, 0.2) is 0 Å². The van der Waals surface area contributed by atoms with Gasteiger partial charge in [0.05, 0.1) is 28.8 Å². The minimum Gasteiger partial charge on any atom is -0.494 e. The Balaban J connectivity index is 1.61. The number of aryl methyl sites for hydroxylation is 1. The predicted molar refractivity (Wildman–Crippen MR) is 115 cm³/mol. The highest BCUT2D eigenvalue weighted by molar-refractivity contribution is 5.88. The van der Waals surface area contributed by atoms with Crippen LogP contribution in [0.2, 0.25) is 0 Å². The van der Waals surface area contributed by atoms with Gasteiger partial charge in [0.25, 0.3) is 5.56 Å². The molecule has 0 spiro atoms. The van der Waals surface area contributed by atoms with Gasteiger partial charge in [-0.25, -0.2) is 9.78 Å². The minimum absolute atomic E-state index is 0.121. The maximum atomic E-state index is 13.1. The van der Waals surface area contributed by atoms with Crippen LogP contribution in [0.3, 0.4) is 0 Å². The van der Waals surface area contributed by atoms with Crippen molar-refractivity contribution in [2.45, 2.75) is 38.6 Å². The summed E-state index contributed by atoms with van der Waals surface area (Å²) in [7, 11) is 0. The molecule has 1 unspecified atom stereocenters. The summed E-state index contributed by atoms with van der Waals surface area (Å²) in [6, 6.07) is 10.5. The number of aromatic carboxylic acids is 1. The summed E-state index contributed by atoms with van der Waals surface area (Å²) in [5, 5.41) is 13.2. The third kappa shape index (κ3) is 4.21. The van der Waals surface area contributed by atoms with Crippen molar-refractivity contribution in [3.05, 3.63) is 64.2 Å². The van der Waals surface area contributed by atoms with E-state index in [0.717, 1.165) is 18.5 Å². The lowest BCUT2D eigenvalue weighted by molar-refractivity contribution is 0.0697. The van der Waals surface area contributed by atoms with Crippen LogP contribution < -0.4 is 15.6 Å². The summed E-state index contributed by atoms with van der Waals surface area (Å²) < 4.78 is 7.29. The van der Waals surface area contributed by atoms with E-state index in [9.17, 15) is 14.7 Å². The van der Waals surface area contributed by atoms with Crippen molar-refractivity contribution >= 4 is 16.9 Å². The van der Waals surface area contributed by atoms with Gasteiger partial charge >= 0.3 is 5.97 Å². The van der Waals surface area contributed by atoms with Crippen molar-refractivity contribution in [2.24, 2.45) is 0 Å². The van der Waals surface area contributed by atoms with E-state index in [1.54, 1.807) is 18.2 Å². The van der Waals surface area contributed by atoms with E-state index in [0.29, 0.717) is 35.0 Å². The number of hydrogen-bond donors (Lipinski definition) is 2. The average Bonchev–Trinajstić information content (AvgIpc) is 2.75. The second-order valence-corrected chi connectivity index (χ2v) is 7.69. The van der Waals surface area contributed by atoms with Crippen LogP contribution in [0.15, 0.2) is 47.5 Å². The van der Waals surface area contributed by atoms with Gasteiger partial charge in [-0.1, -0.05) is 12.5 Å². The second-order valence-electron chi connectivity index (χ2n) is 7.69. The Morgan fingerprint density at radius 3 is 2.90 bits per heavy atom. The molecule has 3 aromatic rings. The number of carboxylic acids is 1. The molecule has 0 amide bonds. The summed E-state index contributed by atoms with van der Waals surface area (Å²) in [5.41, 5.74) is 1.73. The standard InChI is InChI=1S/C23H25N3O4/c1-15-5-6-16(23(28)29)12-21(15)26-14-25-20-8-7-18(13-19(20)22(26)27)30-11-9-17-4-2-3-10-24-17/h5-8,12-14,17,24H,2-4,9-11H2,1H3,(H,28,29). The van der Waals surface area contributed by atoms with Gasteiger partial charge in [0, 0.05) is 6.04 Å². The monoisotopic (exact) mass is 407 g/mol. The third-order valence-corrected chi connectivity index (χ3v) is 5.59. The summed E-state index contributed by atoms with van der Waals surface area (Å²) in [5.74, 6) is -0.410. The number of fused-ring (bicyclic) bond motifs is 1. The Kier molecular flexibility index (Phi) is 5.81. The number of aromatic nitrogens is 2. The maximum absolute atomic E-state index is 13.1. The van der Waals surface area contributed by atoms with E-state index in [1.165, 1.54) is 42.3 Å². The molecule has 7 nitrogen and oxygen atoms in total. The van der Waals surface area contributed by atoms with Gasteiger partial charge in [-0.2, -0.15) is 0 Å². The molecule has 0 radical (unpaired) electrons. The Morgan fingerprint density at radius 2 is 2.13 bits per heavy atom. The van der Waals surface area contributed by atoms with Crippen LogP contribution in [0.5, 0.6) is 5.75 Å². The topological polar surface area (TPSA) is 93.4 Å². The van der Waals surface area contributed by atoms with Gasteiger partial charge in [0.1, 0.15) is 12.1 Å². The Morgan fingerprint density at radius 1 is 1.27 bits per heavy atom. The SMILES string of the molecule is Cc1ccc(C(=O)O)cc1-n1cnc2ccc(OCCC3CCCCN3)cc2c1=O. The van der Waals surface area contributed by atoms with E-state index >= 15 is 0 Å². The van der Waals surface area contributed by atoms with Gasteiger partial charge in [-0.3, -0.25) is 9.36 Å². The summed E-state index contributed by atoms with van der Waals surface area (Å²) in [6.07, 6.45) is 6.02. The van der Waals surface area contributed by atoms with Crippen LogP contribution in [0.4, 0.5) is 0 Å². The maximum Gasteiger partial charge on any atom is 0.335 e. The molecule has 2 aromatic carbocycles. The van der Waals surface area contributed by atoms with Crippen LogP contribution in [0.25, 0.3) is 16.6 Å². The van der Waals surface area contributed by atoms with Crippen LogP contribution in [-0.4, -0.2) is 39.8 Å². The summed E-state index contributed by atoms with van der Waals surface area (Å²) in [4.78, 5) is 28.9. The van der Waals surface area contributed by atoms with E-state index < -0.39 is 5.97 Å². The molecule has 4 rings (SSSR count). The molecule has 1 aliphatic heterocycles. The number of benzene rings is 2. The van der Waals surface area contributed by atoms with Gasteiger partial charge < -0.3 is 15.2 Å². The number of hydrogen-bond acceptors (Lipinski definition) is 5. The minimum atomic E-state index is -1.04. The summed E-state index contributed by atoms with van der Waals surface area (Å²) >= 11 is 0. The smallest absolute Gasteiger partial charge is 0.335 e. The molecule has 1 aromatic heterocycles. The van der Waals surface area contributed by atoms with E-state index in [2.05, 4.69) is 10.3 Å². The lowest BCUT2D eigenvalue weighted by Gasteiger charge is -2.23. The first-order chi connectivity index (χ1) is 14.5. The fraction of sp³-hybridized carbons (Fsp3) is 0.348. The fourth-order valence-electron chi connectivity index (χ4n) is 3.85. The van der Waals surface area contributed by atoms with Crippen LogP contribution in [0.1, 0.15) is 41.6 Å². The Hall–Kier alpha value is -3.19. The van der Waals surface area contributed by atoms with Crippen LogP contribution >= 0.6 is 0 Å². The number of nitrogens with zero attached hydrogens (tertiary/aromatic N) is 2. The zero-order valence-electron chi connectivity index (χ0n) is 16.9. The molecule has 0 bridgehead atoms. The molecule has 1 atom stereocenters. The van der Waals surface area contributed by atoms with Crippen LogP contribution in [0, 0.1) is 6.92 Å². The molecule has 2 heterocycles. The molecule has 1 aliphatic rings. The van der Waals surface area contributed by atoms with Gasteiger partial charge in [-0.15, -0.1) is 0 Å². The van der Waals surface area contributed by atoms with Crippen molar-refractivity contribution in [3.8, 4) is 11.4 Å². The lowest BCUT2D eigenvalue weighted by atomic mass is 10.0.